The highest BCUT2D eigenvalue weighted by molar-refractivity contribution is 5.93. The van der Waals surface area contributed by atoms with Gasteiger partial charge in [-0.05, 0) is 43.2 Å². The van der Waals surface area contributed by atoms with Gasteiger partial charge >= 0.3 is 0 Å². The van der Waals surface area contributed by atoms with E-state index in [0.29, 0.717) is 48.3 Å². The Morgan fingerprint density at radius 2 is 1.97 bits per heavy atom. The van der Waals surface area contributed by atoms with Crippen LogP contribution in [-0.2, 0) is 4.79 Å². The SMILES string of the molecule is O=C(Nc1ccc2c(c1)OCCO2)C1CCCN(c2ccnc(-c3cccc(F)c3)n2)C1. The van der Waals surface area contributed by atoms with Crippen molar-refractivity contribution >= 4 is 17.4 Å². The van der Waals surface area contributed by atoms with E-state index in [9.17, 15) is 9.18 Å². The minimum Gasteiger partial charge on any atom is -0.486 e. The predicted octanol–water partition coefficient (Wildman–Crippen LogP) is 3.91. The van der Waals surface area contributed by atoms with Gasteiger partial charge in [0.05, 0.1) is 5.92 Å². The molecule has 0 saturated carbocycles. The fourth-order valence-electron chi connectivity index (χ4n) is 4.06. The van der Waals surface area contributed by atoms with Crippen molar-refractivity contribution in [2.75, 3.05) is 36.5 Å². The van der Waals surface area contributed by atoms with Gasteiger partial charge in [-0.2, -0.15) is 0 Å². The van der Waals surface area contributed by atoms with Crippen LogP contribution in [0.25, 0.3) is 11.4 Å². The number of carbonyl (C=O) groups excluding carboxylic acids is 1. The Morgan fingerprint density at radius 1 is 1.09 bits per heavy atom. The van der Waals surface area contributed by atoms with Crippen LogP contribution in [-0.4, -0.2) is 42.2 Å². The van der Waals surface area contributed by atoms with E-state index < -0.39 is 0 Å². The maximum Gasteiger partial charge on any atom is 0.229 e. The Bertz CT molecular complexity index is 1140. The van der Waals surface area contributed by atoms with Crippen LogP contribution in [0.15, 0.2) is 54.7 Å². The zero-order chi connectivity index (χ0) is 21.9. The van der Waals surface area contributed by atoms with Crippen molar-refractivity contribution in [3.8, 4) is 22.9 Å². The zero-order valence-corrected chi connectivity index (χ0v) is 17.5. The summed E-state index contributed by atoms with van der Waals surface area (Å²) >= 11 is 0. The molecule has 0 bridgehead atoms. The molecule has 2 aliphatic heterocycles. The number of aromatic nitrogens is 2. The smallest absolute Gasteiger partial charge is 0.229 e. The van der Waals surface area contributed by atoms with Crippen LogP contribution in [0.2, 0.25) is 0 Å². The van der Waals surface area contributed by atoms with Crippen LogP contribution in [0.3, 0.4) is 0 Å². The first-order valence-corrected chi connectivity index (χ1v) is 10.7. The number of nitrogens with one attached hydrogen (secondary N) is 1. The van der Waals surface area contributed by atoms with E-state index in [4.69, 9.17) is 9.47 Å². The molecular formula is C24H23FN4O3. The van der Waals surface area contributed by atoms with Gasteiger partial charge < -0.3 is 19.7 Å². The van der Waals surface area contributed by atoms with Crippen molar-refractivity contribution in [2.45, 2.75) is 12.8 Å². The van der Waals surface area contributed by atoms with Gasteiger partial charge in [0.25, 0.3) is 0 Å². The van der Waals surface area contributed by atoms with Gasteiger partial charge in [-0.3, -0.25) is 4.79 Å². The number of halogens is 1. The lowest BCUT2D eigenvalue weighted by atomic mass is 9.97. The van der Waals surface area contributed by atoms with Crippen LogP contribution in [0.1, 0.15) is 12.8 Å². The number of hydrogen-bond acceptors (Lipinski definition) is 6. The molecule has 0 radical (unpaired) electrons. The molecule has 1 unspecified atom stereocenters. The Labute approximate surface area is 185 Å². The molecule has 32 heavy (non-hydrogen) atoms. The zero-order valence-electron chi connectivity index (χ0n) is 17.5. The van der Waals surface area contributed by atoms with E-state index in [-0.39, 0.29) is 17.6 Å². The molecular weight excluding hydrogens is 411 g/mol. The second-order valence-corrected chi connectivity index (χ2v) is 7.88. The van der Waals surface area contributed by atoms with Crippen LogP contribution < -0.4 is 19.7 Å². The van der Waals surface area contributed by atoms with Gasteiger partial charge in [-0.15, -0.1) is 0 Å². The fourth-order valence-corrected chi connectivity index (χ4v) is 4.06. The first-order valence-electron chi connectivity index (χ1n) is 10.7. The summed E-state index contributed by atoms with van der Waals surface area (Å²) in [5, 5.41) is 3.00. The molecule has 1 N–H and O–H groups in total. The number of benzene rings is 2. The first kappa shape index (κ1) is 20.2. The minimum atomic E-state index is -0.328. The molecule has 0 aliphatic carbocycles. The maximum absolute atomic E-state index is 13.6. The lowest BCUT2D eigenvalue weighted by molar-refractivity contribution is -0.120. The lowest BCUT2D eigenvalue weighted by Crippen LogP contribution is -2.41. The van der Waals surface area contributed by atoms with Crippen molar-refractivity contribution in [2.24, 2.45) is 5.92 Å². The van der Waals surface area contributed by atoms with E-state index in [1.54, 1.807) is 24.4 Å². The van der Waals surface area contributed by atoms with Gasteiger partial charge in [0.1, 0.15) is 24.8 Å². The number of rotatable bonds is 4. The molecule has 1 aromatic heterocycles. The van der Waals surface area contributed by atoms with E-state index in [2.05, 4.69) is 20.2 Å². The Morgan fingerprint density at radius 3 is 2.84 bits per heavy atom. The highest BCUT2D eigenvalue weighted by Gasteiger charge is 2.27. The van der Waals surface area contributed by atoms with Crippen LogP contribution in [0.4, 0.5) is 15.9 Å². The summed E-state index contributed by atoms with van der Waals surface area (Å²) in [7, 11) is 0. The van der Waals surface area contributed by atoms with Crippen molar-refractivity contribution < 1.29 is 18.7 Å². The van der Waals surface area contributed by atoms with Crippen LogP contribution >= 0.6 is 0 Å². The molecule has 7 nitrogen and oxygen atoms in total. The van der Waals surface area contributed by atoms with E-state index >= 15 is 0 Å². The number of nitrogens with zero attached hydrogens (tertiary/aromatic N) is 3. The van der Waals surface area contributed by atoms with Crippen molar-refractivity contribution in [1.29, 1.82) is 0 Å². The lowest BCUT2D eigenvalue weighted by Gasteiger charge is -2.33. The highest BCUT2D eigenvalue weighted by Crippen LogP contribution is 2.33. The molecule has 3 heterocycles. The largest absolute Gasteiger partial charge is 0.486 e. The summed E-state index contributed by atoms with van der Waals surface area (Å²) in [6.07, 6.45) is 3.34. The number of anilines is 2. The number of ether oxygens (including phenoxy) is 2. The molecule has 2 aliphatic rings. The molecule has 3 aromatic rings. The fraction of sp³-hybridized carbons (Fsp3) is 0.292. The molecule has 164 valence electrons. The average Bonchev–Trinajstić information content (AvgIpc) is 2.84. The van der Waals surface area contributed by atoms with Crippen molar-refractivity contribution in [3.63, 3.8) is 0 Å². The topological polar surface area (TPSA) is 76.6 Å². The summed E-state index contributed by atoms with van der Waals surface area (Å²) in [5.41, 5.74) is 1.31. The Balaban J connectivity index is 1.28. The third kappa shape index (κ3) is 4.34. The van der Waals surface area contributed by atoms with Crippen molar-refractivity contribution in [3.05, 3.63) is 60.5 Å². The number of carbonyl (C=O) groups is 1. The van der Waals surface area contributed by atoms with Gasteiger partial charge in [0.2, 0.25) is 5.91 Å². The van der Waals surface area contributed by atoms with Crippen LogP contribution in [0, 0.1) is 11.7 Å². The normalized spacial score (nSPS) is 17.7. The molecule has 8 heteroatoms. The summed E-state index contributed by atoms with van der Waals surface area (Å²) in [4.78, 5) is 23.9. The molecule has 5 rings (SSSR count). The second kappa shape index (κ2) is 8.82. The summed E-state index contributed by atoms with van der Waals surface area (Å²) in [5.74, 6) is 1.99. The molecule has 1 fully saturated rings. The third-order valence-corrected chi connectivity index (χ3v) is 5.65. The van der Waals surface area contributed by atoms with E-state index in [0.717, 1.165) is 25.2 Å². The Kier molecular flexibility index (Phi) is 5.58. The molecule has 1 amide bonds. The summed E-state index contributed by atoms with van der Waals surface area (Å²) < 4.78 is 24.7. The summed E-state index contributed by atoms with van der Waals surface area (Å²) in [6.45, 7) is 2.38. The quantitative estimate of drug-likeness (QED) is 0.671. The predicted molar refractivity (Wildman–Crippen MR) is 118 cm³/mol. The van der Waals surface area contributed by atoms with Gasteiger partial charge in [0.15, 0.2) is 17.3 Å². The third-order valence-electron chi connectivity index (χ3n) is 5.65. The monoisotopic (exact) mass is 434 g/mol. The molecule has 1 atom stereocenters. The number of hydrogen-bond donors (Lipinski definition) is 1. The standard InChI is InChI=1S/C24H23FN4O3/c25-18-5-1-3-16(13-18)23-26-9-8-22(28-23)29-10-2-4-17(15-29)24(30)27-19-6-7-20-21(14-19)32-12-11-31-20/h1,3,5-9,13-14,17H,2,4,10-12,15H2,(H,27,30). The van der Waals surface area contributed by atoms with Crippen molar-refractivity contribution in [1.82, 2.24) is 9.97 Å². The minimum absolute atomic E-state index is 0.0363. The van der Waals surface area contributed by atoms with Crippen LogP contribution in [0.5, 0.6) is 11.5 Å². The van der Waals surface area contributed by atoms with Gasteiger partial charge in [-0.1, -0.05) is 12.1 Å². The average molecular weight is 434 g/mol. The first-order chi connectivity index (χ1) is 15.7. The number of fused-ring (bicyclic) bond motifs is 1. The molecule has 2 aromatic carbocycles. The van der Waals surface area contributed by atoms with E-state index in [1.807, 2.05) is 18.2 Å². The Hall–Kier alpha value is -3.68. The highest BCUT2D eigenvalue weighted by atomic mass is 19.1. The molecule has 0 spiro atoms. The summed E-state index contributed by atoms with van der Waals surface area (Å²) in [6, 6.07) is 13.5. The van der Waals surface area contributed by atoms with E-state index in [1.165, 1.54) is 12.1 Å². The van der Waals surface area contributed by atoms with Gasteiger partial charge in [0, 0.05) is 36.6 Å². The molecule has 1 saturated heterocycles. The number of amides is 1. The second-order valence-electron chi connectivity index (χ2n) is 7.88. The maximum atomic E-state index is 13.6. The number of piperidine rings is 1. The van der Waals surface area contributed by atoms with Gasteiger partial charge in [-0.25, -0.2) is 14.4 Å².